The largest absolute Gasteiger partial charge is 0.502 e. The van der Waals surface area contributed by atoms with Crippen molar-refractivity contribution >= 4 is 29.2 Å². The zero-order valence-corrected chi connectivity index (χ0v) is 15.8. The van der Waals surface area contributed by atoms with Crippen LogP contribution in [-0.2, 0) is 6.42 Å². The van der Waals surface area contributed by atoms with Crippen LogP contribution < -0.4 is 4.74 Å². The van der Waals surface area contributed by atoms with Gasteiger partial charge in [0.1, 0.15) is 5.75 Å². The van der Waals surface area contributed by atoms with Crippen molar-refractivity contribution in [1.82, 2.24) is 0 Å². The summed E-state index contributed by atoms with van der Waals surface area (Å²) in [5, 5.41) is 22.2. The van der Waals surface area contributed by atoms with Crippen LogP contribution in [0.4, 0.5) is 11.4 Å². The molecule has 0 saturated carbocycles. The van der Waals surface area contributed by atoms with Gasteiger partial charge >= 0.3 is 5.69 Å². The molecular weight excluding hydrogens is 380 g/mol. The van der Waals surface area contributed by atoms with Crippen LogP contribution in [0.15, 0.2) is 65.7 Å². The van der Waals surface area contributed by atoms with Crippen molar-refractivity contribution in [2.24, 2.45) is 4.99 Å². The standard InChI is InChI=1S/C21H17ClN2O4/c1-28-18-8-6-17(7-9-18)23-13-16-11-14(12-20(21(16)25)24(26)27)10-15-4-2-3-5-19(15)22/h2-9,11-13,25H,10H2,1H3. The van der Waals surface area contributed by atoms with Crippen LogP contribution in [0.5, 0.6) is 11.5 Å². The topological polar surface area (TPSA) is 85.0 Å². The molecule has 3 aromatic carbocycles. The van der Waals surface area contributed by atoms with Crippen LogP contribution in [0, 0.1) is 10.1 Å². The molecule has 0 saturated heterocycles. The quantitative estimate of drug-likeness (QED) is 0.348. The first kappa shape index (κ1) is 19.4. The van der Waals surface area contributed by atoms with Crippen molar-refractivity contribution in [3.8, 4) is 11.5 Å². The van der Waals surface area contributed by atoms with Crippen molar-refractivity contribution in [3.63, 3.8) is 0 Å². The molecular formula is C21H17ClN2O4. The lowest BCUT2D eigenvalue weighted by molar-refractivity contribution is -0.385. The summed E-state index contributed by atoms with van der Waals surface area (Å²) in [5.74, 6) is 0.268. The molecule has 1 N–H and O–H groups in total. The van der Waals surface area contributed by atoms with Crippen LogP contribution in [0.25, 0.3) is 0 Å². The van der Waals surface area contributed by atoms with Gasteiger partial charge in [0.15, 0.2) is 0 Å². The van der Waals surface area contributed by atoms with E-state index in [9.17, 15) is 15.2 Å². The number of hydrogen-bond donors (Lipinski definition) is 1. The predicted molar refractivity (Wildman–Crippen MR) is 109 cm³/mol. The number of nitro groups is 1. The first-order chi connectivity index (χ1) is 13.5. The third-order valence-corrected chi connectivity index (χ3v) is 4.52. The minimum Gasteiger partial charge on any atom is -0.502 e. The zero-order valence-electron chi connectivity index (χ0n) is 15.0. The summed E-state index contributed by atoms with van der Waals surface area (Å²) in [7, 11) is 1.57. The van der Waals surface area contributed by atoms with Gasteiger partial charge in [-0.1, -0.05) is 29.8 Å². The number of aromatic hydroxyl groups is 1. The molecule has 0 spiro atoms. The highest BCUT2D eigenvalue weighted by Gasteiger charge is 2.18. The van der Waals surface area contributed by atoms with Gasteiger partial charge in [-0.25, -0.2) is 0 Å². The van der Waals surface area contributed by atoms with E-state index in [1.165, 1.54) is 12.3 Å². The molecule has 0 aliphatic rings. The van der Waals surface area contributed by atoms with E-state index < -0.39 is 10.7 Å². The fourth-order valence-corrected chi connectivity index (χ4v) is 2.92. The van der Waals surface area contributed by atoms with Gasteiger partial charge < -0.3 is 9.84 Å². The molecule has 0 unspecified atom stereocenters. The van der Waals surface area contributed by atoms with E-state index >= 15 is 0 Å². The van der Waals surface area contributed by atoms with Gasteiger partial charge in [0, 0.05) is 22.9 Å². The molecule has 0 fully saturated rings. The Hall–Kier alpha value is -3.38. The van der Waals surface area contributed by atoms with Crippen molar-refractivity contribution in [1.29, 1.82) is 0 Å². The van der Waals surface area contributed by atoms with Gasteiger partial charge in [0.25, 0.3) is 0 Å². The number of methoxy groups -OCH3 is 1. The van der Waals surface area contributed by atoms with Gasteiger partial charge in [-0.05, 0) is 53.9 Å². The highest BCUT2D eigenvalue weighted by Crippen LogP contribution is 2.32. The summed E-state index contributed by atoms with van der Waals surface area (Å²) in [5.41, 5.74) is 1.99. The number of hydrogen-bond acceptors (Lipinski definition) is 5. The molecule has 0 bridgehead atoms. The predicted octanol–water partition coefficient (Wildman–Crippen LogP) is 5.30. The number of nitro benzene ring substituents is 1. The van der Waals surface area contributed by atoms with Crippen molar-refractivity contribution < 1.29 is 14.8 Å². The molecule has 0 atom stereocenters. The molecule has 0 amide bonds. The average Bonchev–Trinajstić information content (AvgIpc) is 2.70. The van der Waals surface area contributed by atoms with Crippen molar-refractivity contribution in [2.75, 3.05) is 7.11 Å². The number of rotatable bonds is 6. The molecule has 6 nitrogen and oxygen atoms in total. The molecule has 0 aliphatic carbocycles. The Kier molecular flexibility index (Phi) is 5.91. The third-order valence-electron chi connectivity index (χ3n) is 4.15. The monoisotopic (exact) mass is 396 g/mol. The summed E-state index contributed by atoms with van der Waals surface area (Å²) in [6.07, 6.45) is 1.80. The van der Waals surface area contributed by atoms with Crippen LogP contribution in [0.2, 0.25) is 5.02 Å². The lowest BCUT2D eigenvalue weighted by atomic mass is 10.0. The lowest BCUT2D eigenvalue weighted by Crippen LogP contribution is -1.97. The molecule has 0 aromatic heterocycles. The smallest absolute Gasteiger partial charge is 0.311 e. The molecule has 0 heterocycles. The second-order valence-electron chi connectivity index (χ2n) is 6.03. The maximum atomic E-state index is 11.4. The van der Waals surface area contributed by atoms with E-state index in [4.69, 9.17) is 16.3 Å². The Morgan fingerprint density at radius 1 is 1.18 bits per heavy atom. The SMILES string of the molecule is COc1ccc(N=Cc2cc(Cc3ccccc3Cl)cc([N+](=O)[O-])c2O)cc1. The number of aliphatic imine (C=N–C) groups is 1. The number of ether oxygens (including phenoxy) is 1. The van der Waals surface area contributed by atoms with Gasteiger partial charge in [-0.3, -0.25) is 15.1 Å². The van der Waals surface area contributed by atoms with E-state index in [0.29, 0.717) is 28.4 Å². The number of nitrogens with zero attached hydrogens (tertiary/aromatic N) is 2. The van der Waals surface area contributed by atoms with Crippen molar-refractivity contribution in [2.45, 2.75) is 6.42 Å². The molecule has 3 aromatic rings. The number of halogens is 1. The highest BCUT2D eigenvalue weighted by molar-refractivity contribution is 6.31. The number of phenolic OH excluding ortho intramolecular Hbond substituents is 1. The second kappa shape index (κ2) is 8.54. The van der Waals surface area contributed by atoms with E-state index in [1.54, 1.807) is 43.5 Å². The average molecular weight is 397 g/mol. The normalized spacial score (nSPS) is 10.9. The maximum Gasteiger partial charge on any atom is 0.311 e. The van der Waals surface area contributed by atoms with Crippen molar-refractivity contribution in [3.05, 3.63) is 92.5 Å². The number of benzene rings is 3. The first-order valence-electron chi connectivity index (χ1n) is 8.39. The van der Waals surface area contributed by atoms with Gasteiger partial charge in [-0.15, -0.1) is 0 Å². The Morgan fingerprint density at radius 2 is 1.89 bits per heavy atom. The zero-order chi connectivity index (χ0) is 20.1. The molecule has 0 radical (unpaired) electrons. The van der Waals surface area contributed by atoms with Gasteiger partial charge in [0.2, 0.25) is 5.75 Å². The fraction of sp³-hybridized carbons (Fsp3) is 0.0952. The van der Waals surface area contributed by atoms with Crippen LogP contribution >= 0.6 is 11.6 Å². The lowest BCUT2D eigenvalue weighted by Gasteiger charge is -2.08. The minimum atomic E-state index is -0.615. The van der Waals surface area contributed by atoms with Crippen LogP contribution in [-0.4, -0.2) is 23.4 Å². The molecule has 3 rings (SSSR count). The van der Waals surface area contributed by atoms with E-state index in [2.05, 4.69) is 4.99 Å². The Balaban J connectivity index is 1.97. The molecule has 28 heavy (non-hydrogen) atoms. The van der Waals surface area contributed by atoms with Crippen LogP contribution in [0.1, 0.15) is 16.7 Å². The third kappa shape index (κ3) is 4.47. The van der Waals surface area contributed by atoms with Gasteiger partial charge in [-0.2, -0.15) is 0 Å². The number of phenols is 1. The van der Waals surface area contributed by atoms with Crippen LogP contribution in [0.3, 0.4) is 0 Å². The fourth-order valence-electron chi connectivity index (χ4n) is 2.72. The Bertz CT molecular complexity index is 1030. The van der Waals surface area contributed by atoms with E-state index in [-0.39, 0.29) is 11.3 Å². The summed E-state index contributed by atoms with van der Waals surface area (Å²) in [4.78, 5) is 15.0. The van der Waals surface area contributed by atoms with Gasteiger partial charge in [0.05, 0.1) is 17.7 Å². The Labute approximate surface area is 166 Å². The summed E-state index contributed by atoms with van der Waals surface area (Å²) in [6.45, 7) is 0. The summed E-state index contributed by atoms with van der Waals surface area (Å²) >= 11 is 6.19. The van der Waals surface area contributed by atoms with E-state index in [1.807, 2.05) is 18.2 Å². The minimum absolute atomic E-state index is 0.257. The maximum absolute atomic E-state index is 11.4. The Morgan fingerprint density at radius 3 is 2.54 bits per heavy atom. The first-order valence-corrected chi connectivity index (χ1v) is 8.77. The molecule has 142 valence electrons. The second-order valence-corrected chi connectivity index (χ2v) is 6.44. The summed E-state index contributed by atoms with van der Waals surface area (Å²) in [6, 6.07) is 17.3. The van der Waals surface area contributed by atoms with E-state index in [0.717, 1.165) is 5.56 Å². The molecule has 0 aliphatic heterocycles. The molecule has 7 heteroatoms. The highest BCUT2D eigenvalue weighted by atomic mass is 35.5. The summed E-state index contributed by atoms with van der Waals surface area (Å²) < 4.78 is 5.10.